The van der Waals surface area contributed by atoms with Crippen LogP contribution in [-0.2, 0) is 22.4 Å². The van der Waals surface area contributed by atoms with E-state index in [1.165, 1.54) is 12.0 Å². The fourth-order valence-electron chi connectivity index (χ4n) is 1.76. The molecule has 0 aliphatic rings. The highest BCUT2D eigenvalue weighted by atomic mass is 127. The largest absolute Gasteiger partial charge is 0.469 e. The number of nitrogens with one attached hydrogen (secondary N) is 2. The van der Waals surface area contributed by atoms with Gasteiger partial charge in [-0.15, -0.1) is 35.3 Å². The Morgan fingerprint density at radius 2 is 2.17 bits per heavy atom. The number of nitrogens with zero attached hydrogens (tertiary/aromatic N) is 2. The van der Waals surface area contributed by atoms with Gasteiger partial charge >= 0.3 is 5.97 Å². The van der Waals surface area contributed by atoms with E-state index in [9.17, 15) is 4.79 Å². The van der Waals surface area contributed by atoms with E-state index in [0.717, 1.165) is 30.9 Å². The van der Waals surface area contributed by atoms with Crippen LogP contribution in [0.2, 0.25) is 0 Å². The maximum Gasteiger partial charge on any atom is 0.310 e. The number of aryl methyl sites for hydroxylation is 1. The van der Waals surface area contributed by atoms with E-state index in [2.05, 4.69) is 27.5 Å². The van der Waals surface area contributed by atoms with Gasteiger partial charge in [-0.25, -0.2) is 4.98 Å². The number of rotatable bonds is 8. The molecule has 0 aliphatic heterocycles. The van der Waals surface area contributed by atoms with Crippen LogP contribution in [0, 0.1) is 5.92 Å². The number of guanidine groups is 1. The second-order valence-electron chi connectivity index (χ2n) is 4.89. The van der Waals surface area contributed by atoms with Crippen molar-refractivity contribution in [3.63, 3.8) is 0 Å². The Morgan fingerprint density at radius 1 is 1.43 bits per heavy atom. The number of carbonyl (C=O) groups excluding carboxylic acids is 1. The lowest BCUT2D eigenvalue weighted by atomic mass is 10.2. The summed E-state index contributed by atoms with van der Waals surface area (Å²) < 4.78 is 4.70. The molecule has 132 valence electrons. The molecule has 1 atom stereocenters. The number of halogens is 1. The predicted molar refractivity (Wildman–Crippen MR) is 106 cm³/mol. The zero-order valence-corrected chi connectivity index (χ0v) is 17.4. The third-order valence-corrected chi connectivity index (χ3v) is 4.25. The summed E-state index contributed by atoms with van der Waals surface area (Å²) in [4.78, 5) is 21.5. The van der Waals surface area contributed by atoms with E-state index in [4.69, 9.17) is 4.74 Å². The number of hydrogen-bond donors (Lipinski definition) is 2. The minimum absolute atomic E-state index is 0. The summed E-state index contributed by atoms with van der Waals surface area (Å²) in [5.74, 6) is 0.228. The summed E-state index contributed by atoms with van der Waals surface area (Å²) in [5, 5.41) is 7.56. The molecule has 0 amide bonds. The lowest BCUT2D eigenvalue weighted by Crippen LogP contribution is -2.38. The Balaban J connectivity index is 0.00000484. The molecule has 0 fully saturated rings. The summed E-state index contributed by atoms with van der Waals surface area (Å²) in [7, 11) is 1.39. The first-order chi connectivity index (χ1) is 10.6. The zero-order valence-electron chi connectivity index (χ0n) is 14.2. The van der Waals surface area contributed by atoms with Crippen LogP contribution in [0.5, 0.6) is 0 Å². The second kappa shape index (κ2) is 12.5. The van der Waals surface area contributed by atoms with Crippen molar-refractivity contribution in [2.45, 2.75) is 33.6 Å². The van der Waals surface area contributed by atoms with Gasteiger partial charge in [-0.2, -0.15) is 0 Å². The van der Waals surface area contributed by atoms with E-state index >= 15 is 0 Å². The molecule has 1 aromatic rings. The standard InChI is InChI=1S/C15H26N4O2S.HI/c1-5-12-10-18-13(22-12)7-8-17-15(16-6-2)19-9-11(3)14(20)21-4;/h10-11H,5-9H2,1-4H3,(H2,16,17,19);1H. The van der Waals surface area contributed by atoms with Crippen molar-refractivity contribution < 1.29 is 9.53 Å². The van der Waals surface area contributed by atoms with E-state index in [1.54, 1.807) is 18.3 Å². The number of carbonyl (C=O) groups is 1. The fourth-order valence-corrected chi connectivity index (χ4v) is 2.62. The van der Waals surface area contributed by atoms with Crippen molar-refractivity contribution in [1.29, 1.82) is 0 Å². The molecule has 1 rings (SSSR count). The van der Waals surface area contributed by atoms with Crippen molar-refractivity contribution in [2.75, 3.05) is 26.7 Å². The normalized spacial score (nSPS) is 12.3. The summed E-state index contributed by atoms with van der Waals surface area (Å²) in [5.41, 5.74) is 0. The van der Waals surface area contributed by atoms with E-state index in [0.29, 0.717) is 12.5 Å². The highest BCUT2D eigenvalue weighted by molar-refractivity contribution is 14.0. The van der Waals surface area contributed by atoms with Crippen LogP contribution in [0.25, 0.3) is 0 Å². The molecule has 0 spiro atoms. The molecule has 0 saturated heterocycles. The fraction of sp³-hybridized carbons (Fsp3) is 0.667. The van der Waals surface area contributed by atoms with Gasteiger partial charge in [0.2, 0.25) is 0 Å². The lowest BCUT2D eigenvalue weighted by molar-refractivity contribution is -0.144. The third-order valence-electron chi connectivity index (χ3n) is 3.05. The first kappa shape index (κ1) is 22.1. The van der Waals surface area contributed by atoms with Crippen LogP contribution in [0.15, 0.2) is 11.2 Å². The van der Waals surface area contributed by atoms with Gasteiger partial charge in [0.25, 0.3) is 0 Å². The molecule has 0 saturated carbocycles. The summed E-state index contributed by atoms with van der Waals surface area (Å²) >= 11 is 1.75. The van der Waals surface area contributed by atoms with Gasteiger partial charge in [0.15, 0.2) is 5.96 Å². The molecule has 1 aromatic heterocycles. The first-order valence-electron chi connectivity index (χ1n) is 7.64. The average molecular weight is 454 g/mol. The van der Waals surface area contributed by atoms with Crippen LogP contribution >= 0.6 is 35.3 Å². The second-order valence-corrected chi connectivity index (χ2v) is 6.09. The smallest absolute Gasteiger partial charge is 0.310 e. The SMILES string of the molecule is CCNC(=NCC(C)C(=O)OC)NCCc1ncc(CC)s1.I. The van der Waals surface area contributed by atoms with E-state index in [1.807, 2.05) is 13.1 Å². The number of aliphatic imine (C=N–C) groups is 1. The molecule has 2 N–H and O–H groups in total. The molecule has 1 heterocycles. The molecule has 0 aromatic carbocycles. The first-order valence-corrected chi connectivity index (χ1v) is 8.45. The highest BCUT2D eigenvalue weighted by Gasteiger charge is 2.12. The topological polar surface area (TPSA) is 75.6 Å². The Hall–Kier alpha value is -0.900. The molecule has 6 nitrogen and oxygen atoms in total. The maximum absolute atomic E-state index is 11.4. The number of esters is 1. The van der Waals surface area contributed by atoms with Crippen LogP contribution in [-0.4, -0.2) is 43.7 Å². The molecule has 1 unspecified atom stereocenters. The van der Waals surface area contributed by atoms with Gasteiger partial charge in [-0.05, 0) is 13.3 Å². The summed E-state index contributed by atoms with van der Waals surface area (Å²) in [6, 6.07) is 0. The van der Waals surface area contributed by atoms with Gasteiger partial charge in [0, 0.05) is 30.6 Å². The summed E-state index contributed by atoms with van der Waals surface area (Å²) in [6.07, 6.45) is 3.83. The minimum atomic E-state index is -0.244. The minimum Gasteiger partial charge on any atom is -0.469 e. The van der Waals surface area contributed by atoms with Crippen LogP contribution in [0.1, 0.15) is 30.7 Å². The molecule has 23 heavy (non-hydrogen) atoms. The third kappa shape index (κ3) is 8.50. The van der Waals surface area contributed by atoms with Gasteiger partial charge in [0.05, 0.1) is 24.6 Å². The zero-order chi connectivity index (χ0) is 16.4. The van der Waals surface area contributed by atoms with Crippen molar-refractivity contribution in [2.24, 2.45) is 10.9 Å². The lowest BCUT2D eigenvalue weighted by Gasteiger charge is -2.12. The summed E-state index contributed by atoms with van der Waals surface area (Å²) in [6.45, 7) is 7.88. The maximum atomic E-state index is 11.4. The van der Waals surface area contributed by atoms with Gasteiger partial charge in [-0.1, -0.05) is 13.8 Å². The van der Waals surface area contributed by atoms with Crippen molar-refractivity contribution >= 4 is 47.2 Å². The predicted octanol–water partition coefficient (Wildman–Crippen LogP) is 2.23. The van der Waals surface area contributed by atoms with Gasteiger partial charge in [-0.3, -0.25) is 9.79 Å². The molecule has 0 radical (unpaired) electrons. The van der Waals surface area contributed by atoms with Crippen molar-refractivity contribution in [3.8, 4) is 0 Å². The Bertz CT molecular complexity index is 494. The molecular weight excluding hydrogens is 427 g/mol. The number of ether oxygens (including phenoxy) is 1. The van der Waals surface area contributed by atoms with E-state index in [-0.39, 0.29) is 35.9 Å². The van der Waals surface area contributed by atoms with E-state index < -0.39 is 0 Å². The number of thiazole rings is 1. The van der Waals surface area contributed by atoms with Crippen molar-refractivity contribution in [3.05, 3.63) is 16.1 Å². The van der Waals surface area contributed by atoms with Crippen molar-refractivity contribution in [1.82, 2.24) is 15.6 Å². The number of methoxy groups -OCH3 is 1. The quantitative estimate of drug-likeness (QED) is 0.273. The monoisotopic (exact) mass is 454 g/mol. The molecule has 0 bridgehead atoms. The molecule has 0 aliphatic carbocycles. The van der Waals surface area contributed by atoms with Crippen LogP contribution in [0.3, 0.4) is 0 Å². The van der Waals surface area contributed by atoms with Crippen LogP contribution in [0.4, 0.5) is 0 Å². The highest BCUT2D eigenvalue weighted by Crippen LogP contribution is 2.13. The molecule has 8 heteroatoms. The Kier molecular flexibility index (Phi) is 12.0. The van der Waals surface area contributed by atoms with Crippen LogP contribution < -0.4 is 10.6 Å². The number of hydrogen-bond acceptors (Lipinski definition) is 5. The Labute approximate surface area is 159 Å². The Morgan fingerprint density at radius 3 is 2.74 bits per heavy atom. The molecular formula is C15H27IN4O2S. The van der Waals surface area contributed by atoms with Gasteiger partial charge < -0.3 is 15.4 Å². The average Bonchev–Trinajstić information content (AvgIpc) is 2.99. The number of aromatic nitrogens is 1. The van der Waals surface area contributed by atoms with Gasteiger partial charge in [0.1, 0.15) is 0 Å².